The lowest BCUT2D eigenvalue weighted by molar-refractivity contribution is -0.147. The second-order valence-corrected chi connectivity index (χ2v) is 4.53. The minimum absolute atomic E-state index is 0.0261. The van der Waals surface area contributed by atoms with Gasteiger partial charge in [0.15, 0.2) is 0 Å². The number of hydrogen-bond acceptors (Lipinski definition) is 2. The highest BCUT2D eigenvalue weighted by Crippen LogP contribution is 2.10. The van der Waals surface area contributed by atoms with E-state index in [9.17, 15) is 4.79 Å². The molecule has 0 aromatic heterocycles. The van der Waals surface area contributed by atoms with Crippen LogP contribution in [0.2, 0.25) is 0 Å². The molecule has 0 aliphatic carbocycles. The Bertz CT molecular complexity index is 150. The highest BCUT2D eigenvalue weighted by atomic mass is 16.5. The maximum absolute atomic E-state index is 11.1. The van der Waals surface area contributed by atoms with Gasteiger partial charge < -0.3 is 4.74 Å². The molecule has 0 aromatic carbocycles. The Balaban J connectivity index is 3.23. The Morgan fingerprint density at radius 2 is 1.71 bits per heavy atom. The van der Waals surface area contributed by atoms with E-state index in [1.54, 1.807) is 0 Å². The van der Waals surface area contributed by atoms with Crippen LogP contribution in [0.4, 0.5) is 0 Å². The number of hydrogen-bond donors (Lipinski definition) is 0. The van der Waals surface area contributed by atoms with Crippen LogP contribution in [-0.4, -0.2) is 12.1 Å². The van der Waals surface area contributed by atoms with Crippen LogP contribution in [-0.2, 0) is 9.53 Å². The monoisotopic (exact) mass is 200 g/mol. The molecule has 0 spiro atoms. The number of rotatable bonds is 7. The van der Waals surface area contributed by atoms with Crippen LogP contribution in [0.5, 0.6) is 0 Å². The van der Waals surface area contributed by atoms with Crippen LogP contribution in [0.15, 0.2) is 0 Å². The van der Waals surface area contributed by atoms with Gasteiger partial charge in [0.25, 0.3) is 0 Å². The Kier molecular flexibility index (Phi) is 7.54. The summed E-state index contributed by atoms with van der Waals surface area (Å²) >= 11 is 0. The first-order valence-electron chi connectivity index (χ1n) is 5.72. The molecule has 0 aromatic rings. The second kappa shape index (κ2) is 7.84. The maximum atomic E-state index is 11.1. The molecule has 0 saturated heterocycles. The van der Waals surface area contributed by atoms with Gasteiger partial charge in [-0.1, -0.05) is 33.1 Å². The number of carbonyl (C=O) groups is 1. The summed E-state index contributed by atoms with van der Waals surface area (Å²) in [6.07, 6.45) is 5.21. The zero-order valence-corrected chi connectivity index (χ0v) is 10.0. The molecular formula is C12H24O2. The van der Waals surface area contributed by atoms with E-state index in [2.05, 4.69) is 13.8 Å². The van der Waals surface area contributed by atoms with E-state index in [4.69, 9.17) is 4.74 Å². The largest absolute Gasteiger partial charge is 0.463 e. The summed E-state index contributed by atoms with van der Waals surface area (Å²) in [6.45, 7) is 8.23. The topological polar surface area (TPSA) is 26.3 Å². The van der Waals surface area contributed by atoms with Crippen molar-refractivity contribution in [3.63, 3.8) is 0 Å². The van der Waals surface area contributed by atoms with Crippen molar-refractivity contribution in [1.29, 1.82) is 0 Å². The first-order valence-corrected chi connectivity index (χ1v) is 5.72. The van der Waals surface area contributed by atoms with Crippen LogP contribution in [0.3, 0.4) is 0 Å². The summed E-state index contributed by atoms with van der Waals surface area (Å²) < 4.78 is 5.04. The van der Waals surface area contributed by atoms with Gasteiger partial charge in [0.05, 0.1) is 6.10 Å². The van der Waals surface area contributed by atoms with E-state index in [1.165, 1.54) is 12.8 Å². The molecule has 0 aliphatic heterocycles. The van der Waals surface area contributed by atoms with Crippen molar-refractivity contribution in [3.05, 3.63) is 0 Å². The van der Waals surface area contributed by atoms with E-state index in [-0.39, 0.29) is 12.1 Å². The van der Waals surface area contributed by atoms with Crippen molar-refractivity contribution >= 4 is 5.97 Å². The molecule has 2 heteroatoms. The van der Waals surface area contributed by atoms with Crippen molar-refractivity contribution in [2.45, 2.75) is 65.9 Å². The van der Waals surface area contributed by atoms with Crippen LogP contribution in [0, 0.1) is 5.92 Å². The van der Waals surface area contributed by atoms with Gasteiger partial charge in [0.1, 0.15) is 0 Å². The SMILES string of the molecule is CC(C)CCCCCC(=O)OC(C)C. The molecule has 0 aliphatic rings. The Hall–Kier alpha value is -0.530. The first-order chi connectivity index (χ1) is 6.52. The van der Waals surface area contributed by atoms with Gasteiger partial charge in [-0.3, -0.25) is 4.79 Å². The quantitative estimate of drug-likeness (QED) is 0.464. The molecule has 0 atom stereocenters. The number of carbonyl (C=O) groups excluding carboxylic acids is 1. The van der Waals surface area contributed by atoms with Crippen molar-refractivity contribution in [2.24, 2.45) is 5.92 Å². The average Bonchev–Trinajstić information content (AvgIpc) is 2.01. The van der Waals surface area contributed by atoms with E-state index in [1.807, 2.05) is 13.8 Å². The minimum Gasteiger partial charge on any atom is -0.463 e. The summed E-state index contributed by atoms with van der Waals surface area (Å²) in [5, 5.41) is 0. The molecule has 14 heavy (non-hydrogen) atoms. The summed E-state index contributed by atoms with van der Waals surface area (Å²) in [5.74, 6) is 0.724. The first kappa shape index (κ1) is 13.5. The Morgan fingerprint density at radius 3 is 2.21 bits per heavy atom. The molecule has 2 nitrogen and oxygen atoms in total. The lowest BCUT2D eigenvalue weighted by Gasteiger charge is -2.07. The molecule has 0 fully saturated rings. The lowest BCUT2D eigenvalue weighted by Crippen LogP contribution is -2.10. The predicted octanol–water partition coefficient (Wildman–Crippen LogP) is 3.54. The number of ether oxygens (including phenoxy) is 1. The minimum atomic E-state index is -0.0513. The van der Waals surface area contributed by atoms with Gasteiger partial charge in [-0.05, 0) is 26.2 Å². The molecule has 0 amide bonds. The summed E-state index contributed by atoms with van der Waals surface area (Å²) in [4.78, 5) is 11.1. The predicted molar refractivity (Wildman–Crippen MR) is 59.2 cm³/mol. The molecule has 0 bridgehead atoms. The fraction of sp³-hybridized carbons (Fsp3) is 0.917. The zero-order valence-electron chi connectivity index (χ0n) is 10.0. The third-order valence-electron chi connectivity index (χ3n) is 2.03. The summed E-state index contributed by atoms with van der Waals surface area (Å²) in [6, 6.07) is 0. The molecule has 84 valence electrons. The molecule has 0 rings (SSSR count). The highest BCUT2D eigenvalue weighted by Gasteiger charge is 2.04. The Labute approximate surface area is 88.0 Å². The van der Waals surface area contributed by atoms with Gasteiger partial charge in [-0.2, -0.15) is 0 Å². The van der Waals surface area contributed by atoms with Gasteiger partial charge in [0, 0.05) is 6.42 Å². The third kappa shape index (κ3) is 9.56. The normalized spacial score (nSPS) is 11.0. The van der Waals surface area contributed by atoms with E-state index in [0.717, 1.165) is 18.8 Å². The maximum Gasteiger partial charge on any atom is 0.306 e. The average molecular weight is 200 g/mol. The van der Waals surface area contributed by atoms with Crippen molar-refractivity contribution < 1.29 is 9.53 Å². The van der Waals surface area contributed by atoms with E-state index in [0.29, 0.717) is 6.42 Å². The van der Waals surface area contributed by atoms with Crippen LogP contribution in [0.25, 0.3) is 0 Å². The fourth-order valence-corrected chi connectivity index (χ4v) is 1.32. The number of esters is 1. The van der Waals surface area contributed by atoms with Crippen molar-refractivity contribution in [2.75, 3.05) is 0 Å². The third-order valence-corrected chi connectivity index (χ3v) is 2.03. The molecule has 0 heterocycles. The van der Waals surface area contributed by atoms with Crippen LogP contribution in [0.1, 0.15) is 59.8 Å². The number of unbranched alkanes of at least 4 members (excludes halogenated alkanes) is 2. The van der Waals surface area contributed by atoms with Gasteiger partial charge in [0.2, 0.25) is 0 Å². The van der Waals surface area contributed by atoms with E-state index >= 15 is 0 Å². The summed E-state index contributed by atoms with van der Waals surface area (Å²) in [5.41, 5.74) is 0. The second-order valence-electron chi connectivity index (χ2n) is 4.53. The van der Waals surface area contributed by atoms with Crippen molar-refractivity contribution in [1.82, 2.24) is 0 Å². The standard InChI is InChI=1S/C12H24O2/c1-10(2)8-6-5-7-9-12(13)14-11(3)4/h10-11H,5-9H2,1-4H3. The van der Waals surface area contributed by atoms with Gasteiger partial charge in [-0.15, -0.1) is 0 Å². The highest BCUT2D eigenvalue weighted by molar-refractivity contribution is 5.69. The zero-order chi connectivity index (χ0) is 11.0. The van der Waals surface area contributed by atoms with Gasteiger partial charge in [-0.25, -0.2) is 0 Å². The summed E-state index contributed by atoms with van der Waals surface area (Å²) in [7, 11) is 0. The molecule has 0 unspecified atom stereocenters. The van der Waals surface area contributed by atoms with Gasteiger partial charge >= 0.3 is 5.97 Å². The van der Waals surface area contributed by atoms with Crippen LogP contribution < -0.4 is 0 Å². The van der Waals surface area contributed by atoms with Crippen molar-refractivity contribution in [3.8, 4) is 0 Å². The smallest absolute Gasteiger partial charge is 0.306 e. The molecule has 0 N–H and O–H groups in total. The van der Waals surface area contributed by atoms with E-state index < -0.39 is 0 Å². The van der Waals surface area contributed by atoms with Crippen LogP contribution >= 0.6 is 0 Å². The Morgan fingerprint density at radius 1 is 1.07 bits per heavy atom. The molecule has 0 radical (unpaired) electrons. The molecule has 0 saturated carbocycles. The fourth-order valence-electron chi connectivity index (χ4n) is 1.32. The molecular weight excluding hydrogens is 176 g/mol. The lowest BCUT2D eigenvalue weighted by atomic mass is 10.0.